The van der Waals surface area contributed by atoms with Crippen LogP contribution in [0.25, 0.3) is 0 Å². The predicted octanol–water partition coefficient (Wildman–Crippen LogP) is -0.421. The van der Waals surface area contributed by atoms with Gasteiger partial charge in [0.1, 0.15) is 6.04 Å². The van der Waals surface area contributed by atoms with Crippen LogP contribution in [0.15, 0.2) is 0 Å². The van der Waals surface area contributed by atoms with E-state index in [9.17, 15) is 4.79 Å². The van der Waals surface area contributed by atoms with Crippen molar-refractivity contribution in [2.45, 2.75) is 19.9 Å². The van der Waals surface area contributed by atoms with Gasteiger partial charge >= 0.3 is 5.97 Å². The van der Waals surface area contributed by atoms with Crippen LogP contribution in [-0.4, -0.2) is 22.3 Å². The molecule has 0 radical (unpaired) electrons. The van der Waals surface area contributed by atoms with Gasteiger partial charge in [0, 0.05) is 0 Å². The number of carbonyl (C=O) groups is 1. The zero-order chi connectivity index (χ0) is 8.15. The molecular formula is C5H12N2O3. The molecule has 0 saturated heterocycles. The summed E-state index contributed by atoms with van der Waals surface area (Å²) in [6, 6.07) is -0.759. The van der Waals surface area contributed by atoms with E-state index in [2.05, 4.69) is 5.43 Å². The van der Waals surface area contributed by atoms with Crippen LogP contribution in [0.1, 0.15) is 13.8 Å². The standard InChI is InChI=1S/C5H12N2O3/c1-3(2)4(5(8)9)6-7-10/h3-4,6-7,10H,1-2H3,(H,8,9). The van der Waals surface area contributed by atoms with Gasteiger partial charge in [-0.15, -0.1) is 5.59 Å². The van der Waals surface area contributed by atoms with Crippen LogP contribution in [0.2, 0.25) is 0 Å². The third-order valence-corrected chi connectivity index (χ3v) is 1.15. The molecule has 0 fully saturated rings. The van der Waals surface area contributed by atoms with Gasteiger partial charge in [0.05, 0.1) is 0 Å². The molecule has 0 aliphatic rings. The molecule has 0 aromatic rings. The zero-order valence-electron chi connectivity index (χ0n) is 5.96. The number of nitrogens with one attached hydrogen (secondary N) is 2. The lowest BCUT2D eigenvalue weighted by Gasteiger charge is -2.15. The minimum atomic E-state index is -0.989. The summed E-state index contributed by atoms with van der Waals surface area (Å²) in [7, 11) is 0. The first kappa shape index (κ1) is 9.35. The van der Waals surface area contributed by atoms with Crippen molar-refractivity contribution in [2.24, 2.45) is 5.92 Å². The summed E-state index contributed by atoms with van der Waals surface area (Å²) in [5.41, 5.74) is 3.79. The summed E-state index contributed by atoms with van der Waals surface area (Å²) in [5.74, 6) is -1.06. The van der Waals surface area contributed by atoms with Crippen LogP contribution >= 0.6 is 0 Å². The molecule has 0 aliphatic heterocycles. The fourth-order valence-electron chi connectivity index (χ4n) is 0.583. The Morgan fingerprint density at radius 3 is 2.10 bits per heavy atom. The number of carboxylic acid groups (broad SMARTS) is 1. The molecule has 5 nitrogen and oxygen atoms in total. The van der Waals surface area contributed by atoms with Gasteiger partial charge in [-0.2, -0.15) is 0 Å². The van der Waals surface area contributed by atoms with Crippen LogP contribution in [0, 0.1) is 5.92 Å². The van der Waals surface area contributed by atoms with E-state index in [0.29, 0.717) is 0 Å². The number of hydrogen-bond donors (Lipinski definition) is 4. The van der Waals surface area contributed by atoms with Crippen molar-refractivity contribution < 1.29 is 15.1 Å². The SMILES string of the molecule is CC(C)C(NNO)C(=O)O. The Bertz CT molecular complexity index is 115. The van der Waals surface area contributed by atoms with Crippen molar-refractivity contribution in [3.05, 3.63) is 0 Å². The molecule has 5 heteroatoms. The zero-order valence-corrected chi connectivity index (χ0v) is 5.96. The van der Waals surface area contributed by atoms with Gasteiger partial charge in [0.15, 0.2) is 0 Å². The van der Waals surface area contributed by atoms with Gasteiger partial charge in [-0.1, -0.05) is 13.8 Å². The third-order valence-electron chi connectivity index (χ3n) is 1.15. The summed E-state index contributed by atoms with van der Waals surface area (Å²) in [5, 5.41) is 16.6. The Morgan fingerprint density at radius 2 is 2.00 bits per heavy atom. The number of rotatable bonds is 4. The molecule has 0 aromatic carbocycles. The normalized spacial score (nSPS) is 13.6. The van der Waals surface area contributed by atoms with Crippen LogP contribution < -0.4 is 11.0 Å². The van der Waals surface area contributed by atoms with Crippen LogP contribution in [-0.2, 0) is 4.79 Å². The van der Waals surface area contributed by atoms with Gasteiger partial charge in [0.2, 0.25) is 0 Å². The first-order valence-corrected chi connectivity index (χ1v) is 2.97. The minimum absolute atomic E-state index is 0.0721. The number of hydrogen-bond acceptors (Lipinski definition) is 4. The number of aliphatic carboxylic acids is 1. The fraction of sp³-hybridized carbons (Fsp3) is 0.800. The van der Waals surface area contributed by atoms with E-state index < -0.39 is 12.0 Å². The lowest BCUT2D eigenvalue weighted by Crippen LogP contribution is -2.47. The summed E-state index contributed by atoms with van der Waals surface area (Å²) in [4.78, 5) is 10.3. The minimum Gasteiger partial charge on any atom is -0.480 e. The van der Waals surface area contributed by atoms with Gasteiger partial charge in [-0.05, 0) is 5.92 Å². The molecule has 1 unspecified atom stereocenters. The van der Waals surface area contributed by atoms with E-state index in [-0.39, 0.29) is 5.92 Å². The van der Waals surface area contributed by atoms with Crippen molar-refractivity contribution in [3.8, 4) is 0 Å². The molecule has 0 saturated carbocycles. The Morgan fingerprint density at radius 1 is 1.50 bits per heavy atom. The molecule has 4 N–H and O–H groups in total. The maximum atomic E-state index is 10.3. The summed E-state index contributed by atoms with van der Waals surface area (Å²) >= 11 is 0. The van der Waals surface area contributed by atoms with E-state index in [1.807, 2.05) is 0 Å². The smallest absolute Gasteiger partial charge is 0.322 e. The lowest BCUT2D eigenvalue weighted by molar-refractivity contribution is -0.142. The first-order chi connectivity index (χ1) is 4.59. The highest BCUT2D eigenvalue weighted by atomic mass is 16.5. The Balaban J connectivity index is 3.85. The molecule has 10 heavy (non-hydrogen) atoms. The molecule has 0 bridgehead atoms. The third kappa shape index (κ3) is 2.77. The Labute approximate surface area is 59.0 Å². The molecule has 0 heterocycles. The molecule has 0 spiro atoms. The highest BCUT2D eigenvalue weighted by Crippen LogP contribution is 1.99. The van der Waals surface area contributed by atoms with E-state index in [0.717, 1.165) is 0 Å². The number of carboxylic acids is 1. The van der Waals surface area contributed by atoms with Gasteiger partial charge in [-0.3, -0.25) is 4.79 Å². The van der Waals surface area contributed by atoms with Crippen molar-refractivity contribution in [2.75, 3.05) is 0 Å². The Kier molecular flexibility index (Phi) is 3.94. The van der Waals surface area contributed by atoms with Crippen LogP contribution in [0.4, 0.5) is 0 Å². The molecule has 0 rings (SSSR count). The van der Waals surface area contributed by atoms with Crippen molar-refractivity contribution >= 4 is 5.97 Å². The van der Waals surface area contributed by atoms with E-state index in [4.69, 9.17) is 10.3 Å². The van der Waals surface area contributed by atoms with E-state index in [1.165, 1.54) is 0 Å². The topological polar surface area (TPSA) is 81.6 Å². The molecule has 0 aliphatic carbocycles. The van der Waals surface area contributed by atoms with Crippen molar-refractivity contribution in [1.29, 1.82) is 0 Å². The maximum absolute atomic E-state index is 10.3. The second-order valence-electron chi connectivity index (χ2n) is 2.32. The van der Waals surface area contributed by atoms with Crippen LogP contribution in [0.3, 0.4) is 0 Å². The maximum Gasteiger partial charge on any atom is 0.322 e. The second kappa shape index (κ2) is 4.21. The summed E-state index contributed by atoms with van der Waals surface area (Å²) < 4.78 is 0. The van der Waals surface area contributed by atoms with Crippen molar-refractivity contribution in [3.63, 3.8) is 0 Å². The molecule has 60 valence electrons. The lowest BCUT2D eigenvalue weighted by atomic mass is 10.1. The molecule has 0 amide bonds. The summed E-state index contributed by atoms with van der Waals surface area (Å²) in [6.45, 7) is 3.48. The predicted molar refractivity (Wildman–Crippen MR) is 34.3 cm³/mol. The van der Waals surface area contributed by atoms with E-state index in [1.54, 1.807) is 19.4 Å². The fourth-order valence-corrected chi connectivity index (χ4v) is 0.583. The highest BCUT2D eigenvalue weighted by Gasteiger charge is 2.19. The van der Waals surface area contributed by atoms with Crippen molar-refractivity contribution in [1.82, 2.24) is 11.0 Å². The van der Waals surface area contributed by atoms with Gasteiger partial charge < -0.3 is 10.3 Å². The number of hydrazine groups is 1. The Hall–Kier alpha value is -0.650. The molecular weight excluding hydrogens is 136 g/mol. The average molecular weight is 148 g/mol. The summed E-state index contributed by atoms with van der Waals surface area (Å²) in [6.07, 6.45) is 0. The monoisotopic (exact) mass is 148 g/mol. The largest absolute Gasteiger partial charge is 0.480 e. The average Bonchev–Trinajstić information content (AvgIpc) is 1.81. The second-order valence-corrected chi connectivity index (χ2v) is 2.32. The van der Waals surface area contributed by atoms with E-state index >= 15 is 0 Å². The molecule has 1 atom stereocenters. The van der Waals surface area contributed by atoms with Crippen LogP contribution in [0.5, 0.6) is 0 Å². The first-order valence-electron chi connectivity index (χ1n) is 2.97. The molecule has 0 aromatic heterocycles. The van der Waals surface area contributed by atoms with Gasteiger partial charge in [0.25, 0.3) is 0 Å². The quantitative estimate of drug-likeness (QED) is 0.407. The van der Waals surface area contributed by atoms with Gasteiger partial charge in [-0.25, -0.2) is 5.43 Å². The highest BCUT2D eigenvalue weighted by molar-refractivity contribution is 5.73.